The van der Waals surface area contributed by atoms with E-state index < -0.39 is 0 Å². The van der Waals surface area contributed by atoms with Gasteiger partial charge < -0.3 is 4.79 Å². The van der Waals surface area contributed by atoms with Crippen LogP contribution in [0, 0.1) is 17.2 Å². The van der Waals surface area contributed by atoms with Crippen LogP contribution in [0.15, 0.2) is 36.0 Å². The molecule has 0 bridgehead atoms. The third-order valence-corrected chi connectivity index (χ3v) is 5.50. The lowest BCUT2D eigenvalue weighted by atomic mass is 9.60. The Hall–Kier alpha value is -2.23. The molecule has 3 nitrogen and oxygen atoms in total. The highest BCUT2D eigenvalue weighted by Crippen LogP contribution is 2.50. The highest BCUT2D eigenvalue weighted by Gasteiger charge is 2.43. The van der Waals surface area contributed by atoms with Gasteiger partial charge in [-0.3, -0.25) is 0 Å². The van der Waals surface area contributed by atoms with Gasteiger partial charge in [0.25, 0.3) is 0 Å². The fraction of sp³-hybridized carbons (Fsp3) is 0.429. The van der Waals surface area contributed by atoms with Crippen molar-refractivity contribution in [3.63, 3.8) is 0 Å². The molecule has 0 amide bonds. The average Bonchev–Trinajstić information content (AvgIpc) is 3.03. The molecule has 2 atom stereocenters. The van der Waals surface area contributed by atoms with Crippen LogP contribution in [0.3, 0.4) is 0 Å². The van der Waals surface area contributed by atoms with Gasteiger partial charge in [0.15, 0.2) is 0 Å². The van der Waals surface area contributed by atoms with Crippen molar-refractivity contribution in [1.29, 1.82) is 0 Å². The minimum Gasteiger partial charge on any atom is -0.303 e. The van der Waals surface area contributed by atoms with Crippen LogP contribution < -0.4 is 0 Å². The molecule has 4 heteroatoms. The van der Waals surface area contributed by atoms with Crippen molar-refractivity contribution in [2.75, 3.05) is 0 Å². The third-order valence-electron chi connectivity index (χ3n) is 5.50. The van der Waals surface area contributed by atoms with E-state index in [0.29, 0.717) is 0 Å². The minimum absolute atomic E-state index is 0.0797. The van der Waals surface area contributed by atoms with Crippen LogP contribution in [0.25, 0.3) is 11.8 Å². The molecule has 2 unspecified atom stereocenters. The smallest absolute Gasteiger partial charge is 0.123 e. The van der Waals surface area contributed by atoms with Gasteiger partial charge in [-0.1, -0.05) is 26.3 Å². The van der Waals surface area contributed by atoms with Gasteiger partial charge in [-0.2, -0.15) is 5.10 Å². The molecule has 0 aliphatic heterocycles. The van der Waals surface area contributed by atoms with Crippen LogP contribution in [0.5, 0.6) is 0 Å². The summed E-state index contributed by atoms with van der Waals surface area (Å²) in [5.41, 5.74) is 4.35. The summed E-state index contributed by atoms with van der Waals surface area (Å²) in [6.45, 7) is 6.20. The molecule has 1 fully saturated rings. The predicted molar refractivity (Wildman–Crippen MR) is 98.1 cm³/mol. The molecule has 1 saturated carbocycles. The molecule has 1 aromatic carbocycles. The first kappa shape index (κ1) is 17.6. The van der Waals surface area contributed by atoms with E-state index in [9.17, 15) is 9.18 Å². The van der Waals surface area contributed by atoms with Crippen molar-refractivity contribution in [1.82, 2.24) is 9.78 Å². The second-order valence-electron chi connectivity index (χ2n) is 6.84. The van der Waals surface area contributed by atoms with E-state index >= 15 is 0 Å². The van der Waals surface area contributed by atoms with Gasteiger partial charge in [0.05, 0.1) is 17.6 Å². The van der Waals surface area contributed by atoms with Crippen molar-refractivity contribution in [2.45, 2.75) is 46.5 Å². The molecule has 2 aliphatic carbocycles. The normalized spacial score (nSPS) is 24.3. The largest absolute Gasteiger partial charge is 0.303 e. The second kappa shape index (κ2) is 6.95. The number of carbonyl (C=O) groups is 1. The number of fused-ring (bicyclic) bond motifs is 2. The number of allylic oxidation sites excluding steroid dienone is 1. The summed E-state index contributed by atoms with van der Waals surface area (Å²) >= 11 is 0. The Labute approximate surface area is 148 Å². The lowest BCUT2D eigenvalue weighted by Crippen LogP contribution is -2.37. The zero-order valence-electron chi connectivity index (χ0n) is 15.1. The van der Waals surface area contributed by atoms with E-state index in [0.717, 1.165) is 48.9 Å². The molecule has 0 spiro atoms. The maximum atomic E-state index is 13.1. The molecular formula is C21H25FN2O. The molecule has 0 N–H and O–H groups in total. The van der Waals surface area contributed by atoms with Crippen molar-refractivity contribution < 1.29 is 9.18 Å². The monoisotopic (exact) mass is 340 g/mol. The molecule has 4 rings (SSSR count). The van der Waals surface area contributed by atoms with Crippen molar-refractivity contribution >= 4 is 12.4 Å². The van der Waals surface area contributed by atoms with Crippen molar-refractivity contribution in [3.8, 4) is 5.69 Å². The predicted octanol–water partition coefficient (Wildman–Crippen LogP) is 4.98. The van der Waals surface area contributed by atoms with E-state index in [1.807, 2.05) is 24.7 Å². The fourth-order valence-electron chi connectivity index (χ4n) is 4.09. The van der Waals surface area contributed by atoms with E-state index in [1.165, 1.54) is 17.7 Å². The molecular weight excluding hydrogens is 315 g/mol. The first-order valence-corrected chi connectivity index (χ1v) is 9.11. The number of hydrogen-bond acceptors (Lipinski definition) is 2. The summed E-state index contributed by atoms with van der Waals surface area (Å²) in [5.74, 6) is -0.161. The van der Waals surface area contributed by atoms with Gasteiger partial charge in [0.1, 0.15) is 12.1 Å². The number of hydrogen-bond donors (Lipinski definition) is 0. The average molecular weight is 340 g/mol. The first-order valence-electron chi connectivity index (χ1n) is 9.11. The number of benzene rings is 1. The fourth-order valence-corrected chi connectivity index (χ4v) is 4.09. The summed E-state index contributed by atoms with van der Waals surface area (Å²) in [6, 6.07) is 6.38. The Bertz CT molecular complexity index is 791. The Morgan fingerprint density at radius 1 is 1.28 bits per heavy atom. The van der Waals surface area contributed by atoms with Gasteiger partial charge in [-0.25, -0.2) is 9.07 Å². The molecule has 2 aliphatic rings. The molecule has 25 heavy (non-hydrogen) atoms. The topological polar surface area (TPSA) is 34.9 Å². The quantitative estimate of drug-likeness (QED) is 0.723. The minimum atomic E-state index is -0.248. The molecule has 2 aromatic rings. The van der Waals surface area contributed by atoms with E-state index in [2.05, 4.69) is 18.1 Å². The summed E-state index contributed by atoms with van der Waals surface area (Å²) in [5, 5.41) is 4.50. The zero-order valence-corrected chi connectivity index (χ0v) is 15.1. The van der Waals surface area contributed by atoms with Crippen LogP contribution in [0.2, 0.25) is 0 Å². The summed E-state index contributed by atoms with van der Waals surface area (Å²) in [7, 11) is 0. The van der Waals surface area contributed by atoms with E-state index in [4.69, 9.17) is 0 Å². The highest BCUT2D eigenvalue weighted by molar-refractivity contribution is 5.66. The molecule has 1 aromatic heterocycles. The Morgan fingerprint density at radius 3 is 2.68 bits per heavy atom. The van der Waals surface area contributed by atoms with Crippen molar-refractivity contribution in [2.24, 2.45) is 11.3 Å². The summed E-state index contributed by atoms with van der Waals surface area (Å²) in [6.07, 6.45) is 9.12. The SMILES string of the molecule is CC.CC12Cc3cnn(-c4ccc(F)cc4)c3C=C1CCCC2C=O. The number of halogens is 1. The number of rotatable bonds is 2. The van der Waals surface area contributed by atoms with Gasteiger partial charge in [-0.15, -0.1) is 0 Å². The number of aldehydes is 1. The van der Waals surface area contributed by atoms with Crippen molar-refractivity contribution in [3.05, 3.63) is 53.1 Å². The molecule has 1 heterocycles. The van der Waals surface area contributed by atoms with Crippen LogP contribution in [0.1, 0.15) is 51.3 Å². The van der Waals surface area contributed by atoms with E-state index in [1.54, 1.807) is 12.1 Å². The molecule has 0 saturated heterocycles. The zero-order chi connectivity index (χ0) is 18.0. The first-order chi connectivity index (χ1) is 12.1. The number of carbonyl (C=O) groups excluding carboxylic acids is 1. The van der Waals surface area contributed by atoms with Gasteiger partial charge in [0.2, 0.25) is 0 Å². The van der Waals surface area contributed by atoms with E-state index in [-0.39, 0.29) is 17.2 Å². The van der Waals surface area contributed by atoms with Gasteiger partial charge >= 0.3 is 0 Å². The maximum absolute atomic E-state index is 13.1. The molecule has 132 valence electrons. The van der Waals surface area contributed by atoms with Gasteiger partial charge in [0, 0.05) is 11.3 Å². The third kappa shape index (κ3) is 2.94. The highest BCUT2D eigenvalue weighted by atomic mass is 19.1. The Morgan fingerprint density at radius 2 is 2.00 bits per heavy atom. The number of aromatic nitrogens is 2. The Balaban J connectivity index is 0.000000880. The van der Waals surface area contributed by atoms with Crippen LogP contribution in [-0.4, -0.2) is 16.1 Å². The standard InChI is InChI=1S/C19H19FN2O.C2H6/c1-19-10-13-11-21-22(17-7-5-16(20)6-8-17)18(13)9-14(19)3-2-4-15(19)12-23;1-2/h5-9,11-12,15H,2-4,10H2,1H3;1-2H3. The Kier molecular flexibility index (Phi) is 4.89. The second-order valence-corrected chi connectivity index (χ2v) is 6.84. The van der Waals surface area contributed by atoms with Crippen LogP contribution >= 0.6 is 0 Å². The van der Waals surface area contributed by atoms with Crippen LogP contribution in [-0.2, 0) is 11.2 Å². The number of nitrogens with zero attached hydrogens (tertiary/aromatic N) is 2. The molecule has 0 radical (unpaired) electrons. The lowest BCUT2D eigenvalue weighted by molar-refractivity contribution is -0.114. The maximum Gasteiger partial charge on any atom is 0.123 e. The summed E-state index contributed by atoms with van der Waals surface area (Å²) in [4.78, 5) is 11.5. The van der Waals surface area contributed by atoms with Gasteiger partial charge in [-0.05, 0) is 61.6 Å². The lowest BCUT2D eigenvalue weighted by Gasteiger charge is -2.43. The summed E-state index contributed by atoms with van der Waals surface area (Å²) < 4.78 is 15.0. The van der Waals surface area contributed by atoms with Crippen LogP contribution in [0.4, 0.5) is 4.39 Å².